The number of aliphatic hydroxyl groups is 1. The summed E-state index contributed by atoms with van der Waals surface area (Å²) in [6, 6.07) is 5.26. The van der Waals surface area contributed by atoms with Gasteiger partial charge in [-0.2, -0.15) is 0 Å². The third-order valence-electron chi connectivity index (χ3n) is 2.74. The molecule has 0 aliphatic heterocycles. The number of carboxylic acids is 1. The predicted octanol–water partition coefficient (Wildman–Crippen LogP) is 2.43. The van der Waals surface area contributed by atoms with E-state index >= 15 is 0 Å². The van der Waals surface area contributed by atoms with Gasteiger partial charge in [0.15, 0.2) is 5.78 Å². The molecule has 2 aromatic rings. The summed E-state index contributed by atoms with van der Waals surface area (Å²) in [5, 5.41) is 18.7. The second-order valence-electron chi connectivity index (χ2n) is 4.30. The second kappa shape index (κ2) is 6.31. The first-order valence-electron chi connectivity index (χ1n) is 5.99. The third-order valence-corrected chi connectivity index (χ3v) is 5.58. The highest BCUT2D eigenvalue weighted by atomic mass is 32.2. The van der Waals surface area contributed by atoms with Gasteiger partial charge in [-0.05, 0) is 30.3 Å². The Balaban J connectivity index is 2.35. The summed E-state index contributed by atoms with van der Waals surface area (Å²) in [5.74, 6) is -4.24. The molecule has 2 rings (SSSR count). The maximum atomic E-state index is 12.9. The molecule has 0 unspecified atom stereocenters. The average Bonchev–Trinajstić information content (AvgIpc) is 2.98. The van der Waals surface area contributed by atoms with E-state index in [1.165, 1.54) is 5.38 Å². The van der Waals surface area contributed by atoms with Gasteiger partial charge in [0.05, 0.1) is 14.7 Å². The molecule has 0 fully saturated rings. The fourth-order valence-corrected chi connectivity index (χ4v) is 4.04. The summed E-state index contributed by atoms with van der Waals surface area (Å²) >= 11 is 0.785. The van der Waals surface area contributed by atoms with Crippen molar-refractivity contribution in [3.8, 4) is 0 Å². The Morgan fingerprint density at radius 3 is 2.26 bits per heavy atom. The van der Waals surface area contributed by atoms with E-state index in [9.17, 15) is 22.4 Å². The van der Waals surface area contributed by atoms with Crippen LogP contribution >= 0.6 is 11.3 Å². The van der Waals surface area contributed by atoms with Crippen molar-refractivity contribution in [2.24, 2.45) is 0 Å². The highest BCUT2D eigenvalue weighted by Crippen LogP contribution is 2.26. The predicted molar refractivity (Wildman–Crippen MR) is 78.8 cm³/mol. The standard InChI is InChI=1S/C14H9FO6S2/c15-8-1-3-9(4-2-8)23(20,21)10-5-13(22-7-10)11(16)6-12(17)14(18)19/h1-7,17H,(H,18,19)/b12-6-. The lowest BCUT2D eigenvalue weighted by molar-refractivity contribution is -0.135. The Morgan fingerprint density at radius 1 is 1.09 bits per heavy atom. The number of carboxylic acid groups (broad SMARTS) is 1. The molecule has 0 aliphatic carbocycles. The van der Waals surface area contributed by atoms with Gasteiger partial charge in [-0.1, -0.05) is 0 Å². The highest BCUT2D eigenvalue weighted by Gasteiger charge is 2.21. The maximum absolute atomic E-state index is 12.9. The van der Waals surface area contributed by atoms with E-state index in [-0.39, 0.29) is 14.7 Å². The lowest BCUT2D eigenvalue weighted by Crippen LogP contribution is -2.03. The van der Waals surface area contributed by atoms with Crippen molar-refractivity contribution in [3.63, 3.8) is 0 Å². The Kier molecular flexibility index (Phi) is 4.62. The normalized spacial score (nSPS) is 12.1. The largest absolute Gasteiger partial charge is 0.502 e. The topological polar surface area (TPSA) is 109 Å². The van der Waals surface area contributed by atoms with E-state index in [0.717, 1.165) is 41.7 Å². The molecule has 1 heterocycles. The molecular weight excluding hydrogens is 347 g/mol. The van der Waals surface area contributed by atoms with Crippen LogP contribution in [0.5, 0.6) is 0 Å². The summed E-state index contributed by atoms with van der Waals surface area (Å²) in [4.78, 5) is 21.8. The van der Waals surface area contributed by atoms with Gasteiger partial charge in [0.25, 0.3) is 0 Å². The van der Waals surface area contributed by atoms with E-state index in [2.05, 4.69) is 0 Å². The average molecular weight is 356 g/mol. The van der Waals surface area contributed by atoms with Crippen LogP contribution in [0.4, 0.5) is 4.39 Å². The first-order valence-corrected chi connectivity index (χ1v) is 8.35. The highest BCUT2D eigenvalue weighted by molar-refractivity contribution is 7.91. The third kappa shape index (κ3) is 3.63. The molecule has 0 radical (unpaired) electrons. The van der Waals surface area contributed by atoms with Gasteiger partial charge in [-0.25, -0.2) is 17.6 Å². The van der Waals surface area contributed by atoms with Crippen molar-refractivity contribution >= 4 is 32.9 Å². The van der Waals surface area contributed by atoms with Gasteiger partial charge < -0.3 is 10.2 Å². The molecule has 0 aliphatic rings. The fourth-order valence-electron chi connectivity index (χ4n) is 1.60. The number of aliphatic carboxylic acids is 1. The van der Waals surface area contributed by atoms with Gasteiger partial charge in [0.1, 0.15) is 5.82 Å². The van der Waals surface area contributed by atoms with Crippen LogP contribution in [0.15, 0.2) is 57.3 Å². The van der Waals surface area contributed by atoms with Crippen LogP contribution in [0.1, 0.15) is 9.67 Å². The van der Waals surface area contributed by atoms with Crippen LogP contribution in [-0.4, -0.2) is 30.4 Å². The monoisotopic (exact) mass is 356 g/mol. The van der Waals surface area contributed by atoms with Crippen LogP contribution < -0.4 is 0 Å². The minimum atomic E-state index is -3.92. The zero-order valence-electron chi connectivity index (χ0n) is 11.3. The van der Waals surface area contributed by atoms with Crippen LogP contribution in [0.2, 0.25) is 0 Å². The summed E-state index contributed by atoms with van der Waals surface area (Å²) in [6.07, 6.45) is 0.489. The van der Waals surface area contributed by atoms with E-state index < -0.39 is 33.2 Å². The zero-order valence-corrected chi connectivity index (χ0v) is 12.9. The number of hydrogen-bond donors (Lipinski definition) is 2. The Bertz CT molecular complexity index is 894. The van der Waals surface area contributed by atoms with Crippen molar-refractivity contribution in [1.29, 1.82) is 0 Å². The summed E-state index contributed by atoms with van der Waals surface area (Å²) in [6.45, 7) is 0. The first-order chi connectivity index (χ1) is 10.7. The second-order valence-corrected chi connectivity index (χ2v) is 7.16. The number of ketones is 1. The number of aliphatic hydroxyl groups excluding tert-OH is 1. The molecule has 0 saturated heterocycles. The molecule has 0 saturated carbocycles. The molecule has 1 aromatic carbocycles. The number of allylic oxidation sites excluding steroid dienone is 1. The first kappa shape index (κ1) is 16.8. The van der Waals surface area contributed by atoms with Gasteiger partial charge in [0.2, 0.25) is 15.6 Å². The van der Waals surface area contributed by atoms with Gasteiger partial charge >= 0.3 is 5.97 Å². The molecule has 0 amide bonds. The van der Waals surface area contributed by atoms with Gasteiger partial charge in [-0.3, -0.25) is 4.79 Å². The molecule has 120 valence electrons. The lowest BCUT2D eigenvalue weighted by atomic mass is 10.3. The van der Waals surface area contributed by atoms with Crippen molar-refractivity contribution in [2.45, 2.75) is 9.79 Å². The van der Waals surface area contributed by atoms with E-state index in [1.807, 2.05) is 0 Å². The summed E-state index contributed by atoms with van der Waals surface area (Å²) in [7, 11) is -3.92. The van der Waals surface area contributed by atoms with Crippen molar-refractivity contribution in [1.82, 2.24) is 0 Å². The molecule has 0 spiro atoms. The number of sulfone groups is 1. The molecule has 2 N–H and O–H groups in total. The Morgan fingerprint density at radius 2 is 1.70 bits per heavy atom. The number of carbonyl (C=O) groups excluding carboxylic acids is 1. The van der Waals surface area contributed by atoms with Crippen LogP contribution in [-0.2, 0) is 14.6 Å². The number of rotatable bonds is 5. The van der Waals surface area contributed by atoms with Crippen LogP contribution in [0.3, 0.4) is 0 Å². The Hall–Kier alpha value is -2.52. The van der Waals surface area contributed by atoms with Crippen LogP contribution in [0.25, 0.3) is 0 Å². The number of halogens is 1. The smallest absolute Gasteiger partial charge is 0.371 e. The molecule has 6 nitrogen and oxygen atoms in total. The van der Waals surface area contributed by atoms with E-state index in [4.69, 9.17) is 10.2 Å². The molecule has 9 heteroatoms. The Labute approximate surface area is 134 Å². The minimum Gasteiger partial charge on any atom is -0.502 e. The van der Waals surface area contributed by atoms with Crippen molar-refractivity contribution in [3.05, 3.63) is 58.2 Å². The van der Waals surface area contributed by atoms with Crippen LogP contribution in [0, 0.1) is 5.82 Å². The number of thiophene rings is 1. The van der Waals surface area contributed by atoms with E-state index in [1.54, 1.807) is 0 Å². The zero-order chi connectivity index (χ0) is 17.2. The number of hydrogen-bond acceptors (Lipinski definition) is 6. The molecule has 1 aromatic heterocycles. The lowest BCUT2D eigenvalue weighted by Gasteiger charge is -2.01. The SMILES string of the molecule is O=C(O)/C(O)=C/C(=O)c1cc(S(=O)(=O)c2ccc(F)cc2)cs1. The molecular formula is C14H9FO6S2. The van der Waals surface area contributed by atoms with E-state index in [0.29, 0.717) is 6.08 Å². The maximum Gasteiger partial charge on any atom is 0.371 e. The summed E-state index contributed by atoms with van der Waals surface area (Å²) < 4.78 is 37.5. The van der Waals surface area contributed by atoms with Crippen molar-refractivity contribution < 1.29 is 32.6 Å². The molecule has 0 atom stereocenters. The van der Waals surface area contributed by atoms with Crippen molar-refractivity contribution in [2.75, 3.05) is 0 Å². The molecule has 23 heavy (non-hydrogen) atoms. The van der Waals surface area contributed by atoms with Gasteiger partial charge in [0, 0.05) is 11.5 Å². The minimum absolute atomic E-state index is 0.0570. The quantitative estimate of drug-likeness (QED) is 0.369. The number of carbonyl (C=O) groups is 2. The molecule has 0 bridgehead atoms. The summed E-state index contributed by atoms with van der Waals surface area (Å²) in [5.41, 5.74) is 0. The van der Waals surface area contributed by atoms with Gasteiger partial charge in [-0.15, -0.1) is 11.3 Å². The fraction of sp³-hybridized carbons (Fsp3) is 0. The number of benzene rings is 1.